The standard InChI is InChI=1S/C21H22ClNO2/c1-15(24)12-23-13-20-19-5-3-2-4-17(19)8-11-21(20)25-14-16-6-9-18(22)10-7-16/h2-11,15,23-24H,12-14H2,1H3/t15-/m1/s1. The Balaban J connectivity index is 1.83. The molecule has 0 amide bonds. The quantitative estimate of drug-likeness (QED) is 0.653. The fraction of sp³-hybridized carbons (Fsp3) is 0.238. The van der Waals surface area contributed by atoms with Crippen LogP contribution in [0, 0.1) is 0 Å². The number of hydrogen-bond acceptors (Lipinski definition) is 3. The Hall–Kier alpha value is -2.07. The molecule has 130 valence electrons. The molecule has 25 heavy (non-hydrogen) atoms. The lowest BCUT2D eigenvalue weighted by molar-refractivity contribution is 0.190. The first kappa shape index (κ1) is 17.7. The summed E-state index contributed by atoms with van der Waals surface area (Å²) < 4.78 is 6.08. The minimum Gasteiger partial charge on any atom is -0.489 e. The monoisotopic (exact) mass is 355 g/mol. The average Bonchev–Trinajstić information content (AvgIpc) is 2.62. The number of fused-ring (bicyclic) bond motifs is 1. The molecule has 0 radical (unpaired) electrons. The van der Waals surface area contributed by atoms with Gasteiger partial charge in [0.2, 0.25) is 0 Å². The fourth-order valence-corrected chi connectivity index (χ4v) is 2.91. The molecule has 0 saturated heterocycles. The van der Waals surface area contributed by atoms with Gasteiger partial charge in [-0.15, -0.1) is 0 Å². The van der Waals surface area contributed by atoms with Gasteiger partial charge in [0.25, 0.3) is 0 Å². The summed E-state index contributed by atoms with van der Waals surface area (Å²) in [7, 11) is 0. The van der Waals surface area contributed by atoms with Crippen molar-refractivity contribution in [3.05, 3.63) is 76.8 Å². The fourth-order valence-electron chi connectivity index (χ4n) is 2.78. The first-order valence-corrected chi connectivity index (χ1v) is 8.78. The highest BCUT2D eigenvalue weighted by atomic mass is 35.5. The van der Waals surface area contributed by atoms with Crippen LogP contribution < -0.4 is 10.1 Å². The number of benzene rings is 3. The molecule has 0 spiro atoms. The number of halogens is 1. The van der Waals surface area contributed by atoms with Crippen molar-refractivity contribution in [1.82, 2.24) is 5.32 Å². The van der Waals surface area contributed by atoms with Crippen LogP contribution in [0.5, 0.6) is 5.75 Å². The molecular weight excluding hydrogens is 334 g/mol. The van der Waals surface area contributed by atoms with Crippen LogP contribution in [0.25, 0.3) is 10.8 Å². The van der Waals surface area contributed by atoms with Crippen molar-refractivity contribution in [2.45, 2.75) is 26.2 Å². The van der Waals surface area contributed by atoms with Crippen LogP contribution in [0.3, 0.4) is 0 Å². The van der Waals surface area contributed by atoms with Crippen LogP contribution in [0.15, 0.2) is 60.7 Å². The molecule has 0 fully saturated rings. The molecule has 0 aromatic heterocycles. The highest BCUT2D eigenvalue weighted by molar-refractivity contribution is 6.30. The van der Waals surface area contributed by atoms with Crippen molar-refractivity contribution in [1.29, 1.82) is 0 Å². The Morgan fingerprint density at radius 1 is 1.04 bits per heavy atom. The number of nitrogens with one attached hydrogen (secondary N) is 1. The van der Waals surface area contributed by atoms with Crippen molar-refractivity contribution in [3.8, 4) is 5.75 Å². The molecule has 0 saturated carbocycles. The summed E-state index contributed by atoms with van der Waals surface area (Å²) in [5.41, 5.74) is 2.17. The molecule has 0 heterocycles. The molecule has 0 aliphatic carbocycles. The summed E-state index contributed by atoms with van der Waals surface area (Å²) in [6.45, 7) is 3.44. The van der Waals surface area contributed by atoms with Gasteiger partial charge in [-0.05, 0) is 41.5 Å². The number of aliphatic hydroxyl groups is 1. The summed E-state index contributed by atoms with van der Waals surface area (Å²) in [5.74, 6) is 0.853. The predicted octanol–water partition coefficient (Wildman–Crippen LogP) is 4.54. The molecule has 1 atom stereocenters. The average molecular weight is 356 g/mol. The third-order valence-electron chi connectivity index (χ3n) is 4.05. The van der Waals surface area contributed by atoms with E-state index < -0.39 is 0 Å². The van der Waals surface area contributed by atoms with E-state index in [4.69, 9.17) is 16.3 Å². The molecule has 4 heteroatoms. The van der Waals surface area contributed by atoms with Gasteiger partial charge in [-0.25, -0.2) is 0 Å². The summed E-state index contributed by atoms with van der Waals surface area (Å²) in [6.07, 6.45) is -0.381. The van der Waals surface area contributed by atoms with Crippen LogP contribution in [-0.4, -0.2) is 17.8 Å². The minimum absolute atomic E-state index is 0.381. The van der Waals surface area contributed by atoms with E-state index in [1.54, 1.807) is 6.92 Å². The Morgan fingerprint density at radius 2 is 1.80 bits per heavy atom. The van der Waals surface area contributed by atoms with E-state index in [1.807, 2.05) is 42.5 Å². The second-order valence-corrected chi connectivity index (χ2v) is 6.59. The third-order valence-corrected chi connectivity index (χ3v) is 4.30. The van der Waals surface area contributed by atoms with Crippen LogP contribution in [0.2, 0.25) is 5.02 Å². The van der Waals surface area contributed by atoms with Gasteiger partial charge in [-0.2, -0.15) is 0 Å². The van der Waals surface area contributed by atoms with Gasteiger partial charge in [-0.1, -0.05) is 54.1 Å². The molecular formula is C21H22ClNO2. The summed E-state index contributed by atoms with van der Waals surface area (Å²) in [5, 5.41) is 15.8. The number of hydrogen-bond donors (Lipinski definition) is 2. The minimum atomic E-state index is -0.381. The summed E-state index contributed by atoms with van der Waals surface area (Å²) in [4.78, 5) is 0. The molecule has 3 rings (SSSR count). The van der Waals surface area contributed by atoms with Crippen LogP contribution in [0.4, 0.5) is 0 Å². The van der Waals surface area contributed by atoms with E-state index in [9.17, 15) is 5.11 Å². The van der Waals surface area contributed by atoms with Crippen LogP contribution >= 0.6 is 11.6 Å². The van der Waals surface area contributed by atoms with E-state index in [1.165, 1.54) is 5.39 Å². The highest BCUT2D eigenvalue weighted by Crippen LogP contribution is 2.29. The second kappa shape index (κ2) is 8.34. The van der Waals surface area contributed by atoms with Crippen molar-refractivity contribution in [3.63, 3.8) is 0 Å². The Bertz CT molecular complexity index is 831. The molecule has 3 aromatic carbocycles. The van der Waals surface area contributed by atoms with Gasteiger partial charge in [0.05, 0.1) is 6.10 Å². The van der Waals surface area contributed by atoms with Gasteiger partial charge in [0.1, 0.15) is 12.4 Å². The number of rotatable bonds is 7. The molecule has 2 N–H and O–H groups in total. The Kier molecular flexibility index (Phi) is 5.92. The van der Waals surface area contributed by atoms with Gasteiger partial charge in [-0.3, -0.25) is 0 Å². The number of ether oxygens (including phenoxy) is 1. The smallest absolute Gasteiger partial charge is 0.124 e. The van der Waals surface area contributed by atoms with Gasteiger partial charge in [0, 0.05) is 23.7 Å². The maximum absolute atomic E-state index is 9.48. The lowest BCUT2D eigenvalue weighted by Gasteiger charge is -2.16. The molecule has 0 bridgehead atoms. The molecule has 0 unspecified atom stereocenters. The van der Waals surface area contributed by atoms with E-state index in [0.29, 0.717) is 19.7 Å². The van der Waals surface area contributed by atoms with E-state index in [-0.39, 0.29) is 6.10 Å². The topological polar surface area (TPSA) is 41.5 Å². The van der Waals surface area contributed by atoms with Crippen molar-refractivity contribution in [2.75, 3.05) is 6.54 Å². The first-order valence-electron chi connectivity index (χ1n) is 8.40. The maximum Gasteiger partial charge on any atom is 0.124 e. The van der Waals surface area contributed by atoms with Crippen LogP contribution in [0.1, 0.15) is 18.1 Å². The maximum atomic E-state index is 9.48. The third kappa shape index (κ3) is 4.73. The number of aliphatic hydroxyl groups excluding tert-OH is 1. The molecule has 3 aromatic rings. The summed E-state index contributed by atoms with van der Waals surface area (Å²) >= 11 is 5.93. The van der Waals surface area contributed by atoms with Gasteiger partial charge in [0.15, 0.2) is 0 Å². The predicted molar refractivity (Wildman–Crippen MR) is 103 cm³/mol. The second-order valence-electron chi connectivity index (χ2n) is 6.16. The molecule has 3 nitrogen and oxygen atoms in total. The Labute approximate surface area is 153 Å². The largest absolute Gasteiger partial charge is 0.489 e. The van der Waals surface area contributed by atoms with Gasteiger partial charge < -0.3 is 15.2 Å². The lowest BCUT2D eigenvalue weighted by atomic mass is 10.0. The SMILES string of the molecule is C[C@@H](O)CNCc1c(OCc2ccc(Cl)cc2)ccc2ccccc12. The zero-order valence-electron chi connectivity index (χ0n) is 14.2. The van der Waals surface area contributed by atoms with Crippen molar-refractivity contribution in [2.24, 2.45) is 0 Å². The highest BCUT2D eigenvalue weighted by Gasteiger charge is 2.09. The van der Waals surface area contributed by atoms with E-state index in [2.05, 4.69) is 23.5 Å². The van der Waals surface area contributed by atoms with Crippen molar-refractivity contribution < 1.29 is 9.84 Å². The first-order chi connectivity index (χ1) is 12.1. The normalized spacial score (nSPS) is 12.3. The van der Waals surface area contributed by atoms with E-state index in [0.717, 1.165) is 27.3 Å². The molecule has 0 aliphatic heterocycles. The molecule has 0 aliphatic rings. The zero-order valence-corrected chi connectivity index (χ0v) is 15.0. The van der Waals surface area contributed by atoms with Crippen molar-refractivity contribution >= 4 is 22.4 Å². The zero-order chi connectivity index (χ0) is 17.6. The van der Waals surface area contributed by atoms with Crippen LogP contribution in [-0.2, 0) is 13.2 Å². The van der Waals surface area contributed by atoms with Gasteiger partial charge >= 0.3 is 0 Å². The Morgan fingerprint density at radius 3 is 2.56 bits per heavy atom. The summed E-state index contributed by atoms with van der Waals surface area (Å²) in [6, 6.07) is 20.0. The van der Waals surface area contributed by atoms with E-state index >= 15 is 0 Å². The lowest BCUT2D eigenvalue weighted by Crippen LogP contribution is -2.24.